The Morgan fingerprint density at radius 3 is 2.85 bits per heavy atom. The van der Waals surface area contributed by atoms with Gasteiger partial charge < -0.3 is 9.26 Å². The lowest BCUT2D eigenvalue weighted by atomic mass is 9.92. The molecule has 3 heterocycles. The zero-order chi connectivity index (χ0) is 18.6. The smallest absolute Gasteiger partial charge is 0.241 e. The third-order valence-corrected chi connectivity index (χ3v) is 6.15. The lowest BCUT2D eigenvalue weighted by Crippen LogP contribution is -2.41. The van der Waals surface area contributed by atoms with E-state index in [1.807, 2.05) is 12.1 Å². The molecule has 2 aliphatic rings. The van der Waals surface area contributed by atoms with E-state index < -0.39 is 0 Å². The van der Waals surface area contributed by atoms with Crippen molar-refractivity contribution in [2.75, 3.05) is 6.54 Å². The number of piperidine rings is 1. The van der Waals surface area contributed by atoms with Gasteiger partial charge in [0.05, 0.1) is 12.1 Å². The Hall–Kier alpha value is -1.95. The standard InChI is InChI=1S/C21H30N4O2/c1-15-8-7-13-25(16(15)2)14-19-23-20(24-27-19)18-11-6-12-22-21(18)26-17-9-4-3-5-10-17/h6,11-12,15-17H,3-5,7-10,13-14H2,1-2H3/t15-,16+/m1/s1. The van der Waals surface area contributed by atoms with Gasteiger partial charge in [0.25, 0.3) is 0 Å². The quantitative estimate of drug-likeness (QED) is 0.774. The van der Waals surface area contributed by atoms with Crippen molar-refractivity contribution in [2.24, 2.45) is 5.92 Å². The molecule has 0 aromatic carbocycles. The van der Waals surface area contributed by atoms with E-state index in [9.17, 15) is 0 Å². The van der Waals surface area contributed by atoms with E-state index in [0.717, 1.165) is 24.9 Å². The Morgan fingerprint density at radius 1 is 1.15 bits per heavy atom. The molecule has 2 fully saturated rings. The molecule has 0 amide bonds. The molecule has 0 unspecified atom stereocenters. The van der Waals surface area contributed by atoms with Gasteiger partial charge >= 0.3 is 0 Å². The highest BCUT2D eigenvalue weighted by atomic mass is 16.5. The molecule has 1 aliphatic heterocycles. The lowest BCUT2D eigenvalue weighted by molar-refractivity contribution is 0.0940. The van der Waals surface area contributed by atoms with Gasteiger partial charge in [-0.1, -0.05) is 18.5 Å². The van der Waals surface area contributed by atoms with Crippen molar-refractivity contribution in [1.82, 2.24) is 20.0 Å². The van der Waals surface area contributed by atoms with Gasteiger partial charge in [0.1, 0.15) is 6.10 Å². The van der Waals surface area contributed by atoms with Crippen LogP contribution < -0.4 is 4.74 Å². The topological polar surface area (TPSA) is 64.3 Å². The van der Waals surface area contributed by atoms with Gasteiger partial charge in [0.15, 0.2) is 0 Å². The summed E-state index contributed by atoms with van der Waals surface area (Å²) in [6, 6.07) is 4.40. The van der Waals surface area contributed by atoms with Crippen LogP contribution in [-0.2, 0) is 6.54 Å². The second-order valence-electron chi connectivity index (χ2n) is 8.08. The molecule has 4 rings (SSSR count). The van der Waals surface area contributed by atoms with E-state index in [1.165, 1.54) is 32.1 Å². The van der Waals surface area contributed by atoms with Crippen molar-refractivity contribution < 1.29 is 9.26 Å². The maximum Gasteiger partial charge on any atom is 0.241 e. The average Bonchev–Trinajstić information content (AvgIpc) is 3.15. The van der Waals surface area contributed by atoms with Crippen molar-refractivity contribution in [3.63, 3.8) is 0 Å². The van der Waals surface area contributed by atoms with E-state index in [4.69, 9.17) is 9.26 Å². The Bertz CT molecular complexity index is 741. The molecule has 0 spiro atoms. The van der Waals surface area contributed by atoms with Crippen LogP contribution in [0.1, 0.15) is 64.7 Å². The summed E-state index contributed by atoms with van der Waals surface area (Å²) in [4.78, 5) is 11.5. The maximum absolute atomic E-state index is 6.19. The molecule has 1 saturated carbocycles. The molecule has 0 bridgehead atoms. The highest BCUT2D eigenvalue weighted by Gasteiger charge is 2.26. The molecule has 0 radical (unpaired) electrons. The molecule has 146 valence electrons. The van der Waals surface area contributed by atoms with Crippen molar-refractivity contribution in [3.8, 4) is 17.3 Å². The second kappa shape index (κ2) is 8.38. The van der Waals surface area contributed by atoms with Gasteiger partial charge in [-0.15, -0.1) is 0 Å². The van der Waals surface area contributed by atoms with E-state index in [1.54, 1.807) is 6.20 Å². The third-order valence-electron chi connectivity index (χ3n) is 6.15. The number of ether oxygens (including phenoxy) is 1. The molecular formula is C21H30N4O2. The van der Waals surface area contributed by atoms with E-state index in [2.05, 4.69) is 33.9 Å². The first-order valence-corrected chi connectivity index (χ1v) is 10.4. The highest BCUT2D eigenvalue weighted by molar-refractivity contribution is 5.60. The number of likely N-dealkylation sites (tertiary alicyclic amines) is 1. The number of pyridine rings is 1. The monoisotopic (exact) mass is 370 g/mol. The Kier molecular flexibility index (Phi) is 5.72. The number of hydrogen-bond acceptors (Lipinski definition) is 6. The van der Waals surface area contributed by atoms with Crippen LogP contribution in [0.15, 0.2) is 22.9 Å². The zero-order valence-electron chi connectivity index (χ0n) is 16.4. The van der Waals surface area contributed by atoms with Gasteiger partial charge in [0.2, 0.25) is 17.6 Å². The van der Waals surface area contributed by atoms with Crippen molar-refractivity contribution in [3.05, 3.63) is 24.2 Å². The highest BCUT2D eigenvalue weighted by Crippen LogP contribution is 2.30. The number of aromatic nitrogens is 3. The molecule has 2 aromatic heterocycles. The predicted molar refractivity (Wildman–Crippen MR) is 103 cm³/mol. The number of rotatable bonds is 5. The van der Waals surface area contributed by atoms with Crippen LogP contribution in [0.4, 0.5) is 0 Å². The minimum absolute atomic E-state index is 0.245. The first-order valence-electron chi connectivity index (χ1n) is 10.4. The lowest BCUT2D eigenvalue weighted by Gasteiger charge is -2.36. The van der Waals surface area contributed by atoms with Crippen LogP contribution in [0, 0.1) is 5.92 Å². The molecule has 6 nitrogen and oxygen atoms in total. The van der Waals surface area contributed by atoms with Gasteiger partial charge in [-0.25, -0.2) is 4.98 Å². The second-order valence-corrected chi connectivity index (χ2v) is 8.08. The molecule has 1 saturated heterocycles. The van der Waals surface area contributed by atoms with Gasteiger partial charge in [-0.05, 0) is 70.0 Å². The van der Waals surface area contributed by atoms with Crippen LogP contribution in [0.25, 0.3) is 11.4 Å². The summed E-state index contributed by atoms with van der Waals surface area (Å²) in [5, 5.41) is 4.22. The molecule has 2 atom stereocenters. The van der Waals surface area contributed by atoms with Gasteiger partial charge in [-0.3, -0.25) is 4.90 Å². The number of hydrogen-bond donors (Lipinski definition) is 0. The van der Waals surface area contributed by atoms with E-state index >= 15 is 0 Å². The largest absolute Gasteiger partial charge is 0.474 e. The number of nitrogens with zero attached hydrogens (tertiary/aromatic N) is 4. The fourth-order valence-electron chi connectivity index (χ4n) is 4.24. The molecule has 2 aromatic rings. The first-order chi connectivity index (χ1) is 13.2. The SMILES string of the molecule is C[C@@H]1CCCN(Cc2nc(-c3cccnc3OC3CCCCC3)no2)[C@H]1C. The maximum atomic E-state index is 6.19. The third kappa shape index (κ3) is 4.32. The molecule has 0 N–H and O–H groups in total. The Balaban J connectivity index is 1.48. The predicted octanol–water partition coefficient (Wildman–Crippen LogP) is 4.46. The van der Waals surface area contributed by atoms with E-state index in [0.29, 0.717) is 36.1 Å². The van der Waals surface area contributed by atoms with Crippen LogP contribution in [0.3, 0.4) is 0 Å². The summed E-state index contributed by atoms with van der Waals surface area (Å²) >= 11 is 0. The molecule has 6 heteroatoms. The van der Waals surface area contributed by atoms with Crippen LogP contribution >= 0.6 is 0 Å². The molecular weight excluding hydrogens is 340 g/mol. The van der Waals surface area contributed by atoms with Crippen molar-refractivity contribution in [2.45, 2.75) is 77.5 Å². The Morgan fingerprint density at radius 2 is 2.00 bits per heavy atom. The minimum atomic E-state index is 0.245. The van der Waals surface area contributed by atoms with E-state index in [-0.39, 0.29) is 6.10 Å². The van der Waals surface area contributed by atoms with Crippen molar-refractivity contribution >= 4 is 0 Å². The van der Waals surface area contributed by atoms with Gasteiger partial charge in [0, 0.05) is 12.2 Å². The van der Waals surface area contributed by atoms with Crippen LogP contribution in [0.2, 0.25) is 0 Å². The fourth-order valence-corrected chi connectivity index (χ4v) is 4.24. The van der Waals surface area contributed by atoms with Crippen LogP contribution in [-0.4, -0.2) is 38.7 Å². The normalized spacial score (nSPS) is 24.8. The average molecular weight is 370 g/mol. The zero-order valence-corrected chi connectivity index (χ0v) is 16.4. The Labute approximate surface area is 161 Å². The first kappa shape index (κ1) is 18.4. The summed E-state index contributed by atoms with van der Waals surface area (Å²) in [5.41, 5.74) is 0.818. The fraction of sp³-hybridized carbons (Fsp3) is 0.667. The van der Waals surface area contributed by atoms with Crippen LogP contribution in [0.5, 0.6) is 5.88 Å². The summed E-state index contributed by atoms with van der Waals surface area (Å²) in [6.45, 7) is 6.41. The molecule has 1 aliphatic carbocycles. The van der Waals surface area contributed by atoms with Gasteiger partial charge in [-0.2, -0.15) is 4.98 Å². The summed E-state index contributed by atoms with van der Waals surface area (Å²) in [7, 11) is 0. The molecule has 27 heavy (non-hydrogen) atoms. The summed E-state index contributed by atoms with van der Waals surface area (Å²) in [5.74, 6) is 2.56. The summed E-state index contributed by atoms with van der Waals surface area (Å²) < 4.78 is 11.8. The van der Waals surface area contributed by atoms with Crippen molar-refractivity contribution in [1.29, 1.82) is 0 Å². The summed E-state index contributed by atoms with van der Waals surface area (Å²) in [6.07, 6.45) is 10.5. The minimum Gasteiger partial charge on any atom is -0.474 e.